The fourth-order valence-electron chi connectivity index (χ4n) is 2.47. The van der Waals surface area contributed by atoms with E-state index in [4.69, 9.17) is 0 Å². The topological polar surface area (TPSA) is 33.2 Å². The summed E-state index contributed by atoms with van der Waals surface area (Å²) in [6, 6.07) is 16.1. The molecule has 4 rings (SSSR count). The highest BCUT2D eigenvalue weighted by atomic mass is 79.9. The summed E-state index contributed by atoms with van der Waals surface area (Å²) < 4.78 is 2.15. The van der Waals surface area contributed by atoms with Gasteiger partial charge in [-0.15, -0.1) is 11.8 Å². The highest BCUT2D eigenvalue weighted by molar-refractivity contribution is 9.10. The number of anilines is 1. The molecule has 3 nitrogen and oxygen atoms in total. The molecule has 1 amide bonds. The summed E-state index contributed by atoms with van der Waals surface area (Å²) in [6.45, 7) is 0. The molecule has 0 spiro atoms. The van der Waals surface area contributed by atoms with Gasteiger partial charge in [0.05, 0.1) is 16.0 Å². The molecule has 110 valence electrons. The lowest BCUT2D eigenvalue weighted by Gasteiger charge is -2.21. The van der Waals surface area contributed by atoms with Crippen LogP contribution in [0.25, 0.3) is 10.2 Å². The monoisotopic (exact) mass is 390 g/mol. The number of benzene rings is 2. The van der Waals surface area contributed by atoms with E-state index in [1.807, 2.05) is 41.3 Å². The minimum absolute atomic E-state index is 0.00108. The predicted octanol–water partition coefficient (Wildman–Crippen LogP) is 4.84. The number of thioether (sulfide) groups is 1. The van der Waals surface area contributed by atoms with E-state index in [0.29, 0.717) is 5.75 Å². The minimum atomic E-state index is 0.00108. The van der Waals surface area contributed by atoms with E-state index in [9.17, 15) is 4.79 Å². The number of nitrogens with zero attached hydrogens (tertiary/aromatic N) is 2. The average molecular weight is 391 g/mol. The summed E-state index contributed by atoms with van der Waals surface area (Å²) in [7, 11) is 0. The highest BCUT2D eigenvalue weighted by Gasteiger charge is 2.35. The average Bonchev–Trinajstić information content (AvgIpc) is 3.11. The molecule has 0 N–H and O–H groups in total. The van der Waals surface area contributed by atoms with Gasteiger partial charge in [-0.05, 0) is 29.8 Å². The lowest BCUT2D eigenvalue weighted by molar-refractivity contribution is -0.115. The summed E-state index contributed by atoms with van der Waals surface area (Å²) in [5.41, 5.74) is 2.07. The summed E-state index contributed by atoms with van der Waals surface area (Å²) in [5, 5.41) is 0.783. The van der Waals surface area contributed by atoms with Crippen molar-refractivity contribution in [2.75, 3.05) is 10.7 Å². The number of hydrogen-bond acceptors (Lipinski definition) is 4. The Morgan fingerprint density at radius 3 is 2.68 bits per heavy atom. The van der Waals surface area contributed by atoms with Crippen molar-refractivity contribution >= 4 is 60.3 Å². The maximum absolute atomic E-state index is 12.4. The Bertz CT molecular complexity index is 814. The molecule has 1 aromatic heterocycles. The second-order valence-electron chi connectivity index (χ2n) is 4.94. The van der Waals surface area contributed by atoms with Crippen LogP contribution in [0, 0.1) is 0 Å². The standard InChI is InChI=1S/C16H11BrN2OS2/c17-11-7-5-10(6-8-11)15-19(14(20)9-21-15)16-18-12-3-1-2-4-13(12)22-16/h1-8,15H,9H2. The number of aromatic nitrogens is 1. The van der Waals surface area contributed by atoms with Crippen LogP contribution in [0.4, 0.5) is 5.13 Å². The molecule has 22 heavy (non-hydrogen) atoms. The Morgan fingerprint density at radius 2 is 1.91 bits per heavy atom. The molecule has 0 saturated carbocycles. The van der Waals surface area contributed by atoms with Crippen LogP contribution in [0.2, 0.25) is 0 Å². The van der Waals surface area contributed by atoms with Crippen molar-refractivity contribution in [2.24, 2.45) is 0 Å². The zero-order valence-corrected chi connectivity index (χ0v) is 14.6. The first kappa shape index (κ1) is 14.2. The Kier molecular flexibility index (Phi) is 3.68. The predicted molar refractivity (Wildman–Crippen MR) is 96.4 cm³/mol. The van der Waals surface area contributed by atoms with Crippen LogP contribution < -0.4 is 4.90 Å². The molecule has 1 fully saturated rings. The van der Waals surface area contributed by atoms with Crippen LogP contribution >= 0.6 is 39.0 Å². The van der Waals surface area contributed by atoms with Gasteiger partial charge in [0.25, 0.3) is 0 Å². The summed E-state index contributed by atoms with van der Waals surface area (Å²) in [4.78, 5) is 18.8. The van der Waals surface area contributed by atoms with E-state index in [2.05, 4.69) is 33.0 Å². The highest BCUT2D eigenvalue weighted by Crippen LogP contribution is 2.44. The molecule has 1 aliphatic rings. The van der Waals surface area contributed by atoms with Gasteiger partial charge >= 0.3 is 0 Å². The van der Waals surface area contributed by atoms with Crippen molar-refractivity contribution in [1.29, 1.82) is 0 Å². The number of para-hydroxylation sites is 1. The van der Waals surface area contributed by atoms with Crippen molar-refractivity contribution in [3.8, 4) is 0 Å². The quantitative estimate of drug-likeness (QED) is 0.627. The Balaban J connectivity index is 1.76. The van der Waals surface area contributed by atoms with Gasteiger partial charge in [-0.2, -0.15) is 0 Å². The molecule has 0 radical (unpaired) electrons. The molecule has 6 heteroatoms. The molecule has 1 aliphatic heterocycles. The molecule has 1 unspecified atom stereocenters. The van der Waals surface area contributed by atoms with Crippen LogP contribution in [0.5, 0.6) is 0 Å². The molecular formula is C16H11BrN2OS2. The van der Waals surface area contributed by atoms with Crippen LogP contribution in [-0.2, 0) is 4.79 Å². The number of hydrogen-bond donors (Lipinski definition) is 0. The van der Waals surface area contributed by atoms with E-state index >= 15 is 0 Å². The Labute approximate surface area is 144 Å². The molecule has 1 atom stereocenters. The summed E-state index contributed by atoms with van der Waals surface area (Å²) in [6.07, 6.45) is 0. The number of carbonyl (C=O) groups excluding carboxylic acids is 1. The Morgan fingerprint density at radius 1 is 1.14 bits per heavy atom. The third kappa shape index (κ3) is 2.45. The van der Waals surface area contributed by atoms with E-state index in [1.165, 1.54) is 0 Å². The van der Waals surface area contributed by atoms with Crippen molar-refractivity contribution in [3.63, 3.8) is 0 Å². The zero-order valence-electron chi connectivity index (χ0n) is 11.4. The SMILES string of the molecule is O=C1CSC(c2ccc(Br)cc2)N1c1nc2ccccc2s1. The van der Waals surface area contributed by atoms with Gasteiger partial charge in [-0.25, -0.2) is 4.98 Å². The fourth-order valence-corrected chi connectivity index (χ4v) is 4.97. The zero-order chi connectivity index (χ0) is 15.1. The smallest absolute Gasteiger partial charge is 0.240 e. The van der Waals surface area contributed by atoms with Gasteiger partial charge in [0.2, 0.25) is 5.91 Å². The van der Waals surface area contributed by atoms with Gasteiger partial charge in [0.1, 0.15) is 5.37 Å². The molecule has 1 saturated heterocycles. The summed E-state index contributed by atoms with van der Waals surface area (Å²) in [5.74, 6) is 0.619. The minimum Gasteiger partial charge on any atom is -0.273 e. The fraction of sp³-hybridized carbons (Fsp3) is 0.125. The van der Waals surface area contributed by atoms with Crippen LogP contribution in [0.3, 0.4) is 0 Å². The lowest BCUT2D eigenvalue weighted by Crippen LogP contribution is -2.27. The first-order valence-electron chi connectivity index (χ1n) is 6.77. The first-order valence-corrected chi connectivity index (χ1v) is 9.43. The normalized spacial score (nSPS) is 18.3. The van der Waals surface area contributed by atoms with Crippen LogP contribution in [0.1, 0.15) is 10.9 Å². The number of thiazole rings is 1. The van der Waals surface area contributed by atoms with Crippen LogP contribution in [-0.4, -0.2) is 16.6 Å². The molecular weight excluding hydrogens is 380 g/mol. The lowest BCUT2D eigenvalue weighted by atomic mass is 10.2. The number of halogens is 1. The third-order valence-corrected chi connectivity index (χ3v) is 6.29. The molecule has 2 heterocycles. The first-order chi connectivity index (χ1) is 10.7. The van der Waals surface area contributed by atoms with Gasteiger partial charge in [-0.3, -0.25) is 9.69 Å². The number of fused-ring (bicyclic) bond motifs is 1. The van der Waals surface area contributed by atoms with Crippen molar-refractivity contribution in [1.82, 2.24) is 4.98 Å². The second kappa shape index (κ2) is 5.68. The number of amides is 1. The van der Waals surface area contributed by atoms with Crippen molar-refractivity contribution < 1.29 is 4.79 Å². The van der Waals surface area contributed by atoms with Gasteiger partial charge in [-0.1, -0.05) is 51.5 Å². The molecule has 0 aliphatic carbocycles. The number of carbonyl (C=O) groups is 1. The van der Waals surface area contributed by atoms with Gasteiger partial charge < -0.3 is 0 Å². The maximum Gasteiger partial charge on any atom is 0.240 e. The van der Waals surface area contributed by atoms with Gasteiger partial charge in [0.15, 0.2) is 5.13 Å². The van der Waals surface area contributed by atoms with E-state index in [0.717, 1.165) is 25.4 Å². The van der Waals surface area contributed by atoms with Gasteiger partial charge in [0, 0.05) is 4.47 Å². The summed E-state index contributed by atoms with van der Waals surface area (Å²) >= 11 is 6.67. The van der Waals surface area contributed by atoms with E-state index < -0.39 is 0 Å². The number of rotatable bonds is 2. The molecule has 3 aromatic rings. The second-order valence-corrected chi connectivity index (χ2v) is 7.94. The van der Waals surface area contributed by atoms with Crippen LogP contribution in [0.15, 0.2) is 53.0 Å². The van der Waals surface area contributed by atoms with Crippen molar-refractivity contribution in [3.05, 3.63) is 58.6 Å². The Hall–Kier alpha value is -1.37. The van der Waals surface area contributed by atoms with E-state index in [1.54, 1.807) is 23.1 Å². The van der Waals surface area contributed by atoms with Crippen molar-refractivity contribution in [2.45, 2.75) is 5.37 Å². The van der Waals surface area contributed by atoms with E-state index in [-0.39, 0.29) is 11.3 Å². The third-order valence-electron chi connectivity index (χ3n) is 3.51. The maximum atomic E-state index is 12.4. The molecule has 0 bridgehead atoms. The molecule has 2 aromatic carbocycles. The largest absolute Gasteiger partial charge is 0.273 e.